The van der Waals surface area contributed by atoms with Gasteiger partial charge in [0.05, 0.1) is 12.2 Å². The minimum atomic E-state index is -0.436. The maximum atomic E-state index is 12.5. The van der Waals surface area contributed by atoms with E-state index in [2.05, 4.69) is 30.4 Å². The van der Waals surface area contributed by atoms with Crippen molar-refractivity contribution >= 4 is 5.91 Å². The van der Waals surface area contributed by atoms with Crippen LogP contribution in [0.1, 0.15) is 35.0 Å². The van der Waals surface area contributed by atoms with Crippen molar-refractivity contribution in [2.45, 2.75) is 26.1 Å². The van der Waals surface area contributed by atoms with Gasteiger partial charge in [-0.15, -0.1) is 0 Å². The van der Waals surface area contributed by atoms with E-state index in [1.807, 2.05) is 29.9 Å². The normalized spacial score (nSPS) is 15.5. The first-order chi connectivity index (χ1) is 12.6. The highest BCUT2D eigenvalue weighted by atomic mass is 16.5. The summed E-state index contributed by atoms with van der Waals surface area (Å²) in [6, 6.07) is 6.85. The van der Waals surface area contributed by atoms with Gasteiger partial charge in [0.15, 0.2) is 5.69 Å². The predicted octanol–water partition coefficient (Wildman–Crippen LogP) is 1.26. The summed E-state index contributed by atoms with van der Waals surface area (Å²) in [7, 11) is 2.05. The molecule has 26 heavy (non-hydrogen) atoms. The molecule has 0 spiro atoms. The molecule has 0 fully saturated rings. The van der Waals surface area contributed by atoms with E-state index in [0.29, 0.717) is 23.1 Å². The number of carbonyl (C=O) groups is 1. The molecule has 0 unspecified atom stereocenters. The molecule has 0 saturated heterocycles. The summed E-state index contributed by atoms with van der Waals surface area (Å²) in [5.74, 6) is 0.449. The molecule has 1 aliphatic rings. The summed E-state index contributed by atoms with van der Waals surface area (Å²) in [5.41, 5.74) is 2.05. The highest BCUT2D eigenvalue weighted by Gasteiger charge is 2.22. The van der Waals surface area contributed by atoms with Crippen LogP contribution >= 0.6 is 0 Å². The van der Waals surface area contributed by atoms with Crippen molar-refractivity contribution in [3.05, 3.63) is 47.7 Å². The van der Waals surface area contributed by atoms with E-state index < -0.39 is 6.04 Å². The molecule has 0 aliphatic carbocycles. The second kappa shape index (κ2) is 6.68. The largest absolute Gasteiger partial charge is 0.339 e. The molecule has 9 nitrogen and oxygen atoms in total. The lowest BCUT2D eigenvalue weighted by atomic mass is 10.2. The molecule has 3 aromatic rings. The second-order valence-corrected chi connectivity index (χ2v) is 6.35. The predicted molar refractivity (Wildman–Crippen MR) is 92.0 cm³/mol. The van der Waals surface area contributed by atoms with Crippen molar-refractivity contribution in [3.63, 3.8) is 0 Å². The van der Waals surface area contributed by atoms with Crippen molar-refractivity contribution in [2.24, 2.45) is 0 Å². The van der Waals surface area contributed by atoms with Crippen LogP contribution in [0.25, 0.3) is 11.5 Å². The summed E-state index contributed by atoms with van der Waals surface area (Å²) >= 11 is 0. The Morgan fingerprint density at radius 1 is 1.35 bits per heavy atom. The lowest BCUT2D eigenvalue weighted by Gasteiger charge is -2.22. The van der Waals surface area contributed by atoms with Crippen LogP contribution in [-0.4, -0.2) is 49.3 Å². The minimum Gasteiger partial charge on any atom is -0.339 e. The average Bonchev–Trinajstić information content (AvgIpc) is 3.29. The number of fused-ring (bicyclic) bond motifs is 1. The fourth-order valence-electron chi connectivity index (χ4n) is 2.85. The van der Waals surface area contributed by atoms with Gasteiger partial charge in [-0.05, 0) is 32.2 Å². The van der Waals surface area contributed by atoms with Gasteiger partial charge in [-0.25, -0.2) is 0 Å². The number of aromatic nitrogens is 5. The quantitative estimate of drug-likeness (QED) is 0.753. The molecule has 1 N–H and O–H groups in total. The van der Waals surface area contributed by atoms with Crippen molar-refractivity contribution in [2.75, 3.05) is 13.6 Å². The lowest BCUT2D eigenvalue weighted by Crippen LogP contribution is -2.30. The van der Waals surface area contributed by atoms with Gasteiger partial charge in [0.1, 0.15) is 11.7 Å². The third-order valence-corrected chi connectivity index (χ3v) is 4.28. The Morgan fingerprint density at radius 3 is 3.04 bits per heavy atom. The summed E-state index contributed by atoms with van der Waals surface area (Å²) in [6.07, 6.45) is 1.66. The summed E-state index contributed by atoms with van der Waals surface area (Å²) in [6.45, 7) is 4.28. The summed E-state index contributed by atoms with van der Waals surface area (Å²) < 4.78 is 7.15. The zero-order chi connectivity index (χ0) is 18.1. The van der Waals surface area contributed by atoms with Crippen LogP contribution in [0, 0.1) is 0 Å². The van der Waals surface area contributed by atoms with Gasteiger partial charge in [0.2, 0.25) is 11.7 Å². The van der Waals surface area contributed by atoms with E-state index in [-0.39, 0.29) is 5.91 Å². The average molecular weight is 353 g/mol. The number of carbonyl (C=O) groups excluding carboxylic acids is 1. The fraction of sp³-hybridized carbons (Fsp3) is 0.353. The summed E-state index contributed by atoms with van der Waals surface area (Å²) in [4.78, 5) is 23.2. The Bertz CT molecular complexity index is 918. The standard InChI is InChI=1S/C17H19N7O2/c1-11(17-20-15(22-26-17)13-5-3-4-6-18-13)19-16(25)14-9-12-10-23(2)7-8-24(12)21-14/h3-6,9,11H,7-8,10H2,1-2H3,(H,19,25)/t11-/m0/s1. The molecule has 0 radical (unpaired) electrons. The molecular weight excluding hydrogens is 334 g/mol. The molecule has 0 bridgehead atoms. The molecule has 0 aromatic carbocycles. The third-order valence-electron chi connectivity index (χ3n) is 4.28. The van der Waals surface area contributed by atoms with E-state index in [9.17, 15) is 4.79 Å². The van der Waals surface area contributed by atoms with E-state index in [1.54, 1.807) is 19.2 Å². The van der Waals surface area contributed by atoms with E-state index >= 15 is 0 Å². The zero-order valence-corrected chi connectivity index (χ0v) is 14.6. The van der Waals surface area contributed by atoms with Crippen LogP contribution in [0.15, 0.2) is 35.0 Å². The van der Waals surface area contributed by atoms with Crippen LogP contribution in [0.3, 0.4) is 0 Å². The summed E-state index contributed by atoms with van der Waals surface area (Å²) in [5, 5.41) is 11.2. The van der Waals surface area contributed by atoms with Crippen molar-refractivity contribution in [1.29, 1.82) is 0 Å². The van der Waals surface area contributed by atoms with Crippen LogP contribution in [-0.2, 0) is 13.1 Å². The van der Waals surface area contributed by atoms with Gasteiger partial charge in [-0.1, -0.05) is 11.2 Å². The van der Waals surface area contributed by atoms with Gasteiger partial charge in [0, 0.05) is 19.3 Å². The van der Waals surface area contributed by atoms with E-state index in [4.69, 9.17) is 4.52 Å². The topological polar surface area (TPSA) is 102 Å². The SMILES string of the molecule is C[C@H](NC(=O)c1cc2n(n1)CCN(C)C2)c1nc(-c2ccccn2)no1. The minimum absolute atomic E-state index is 0.264. The number of rotatable bonds is 4. The van der Waals surface area contributed by atoms with Gasteiger partial charge in [0.25, 0.3) is 5.91 Å². The Hall–Kier alpha value is -3.07. The zero-order valence-electron chi connectivity index (χ0n) is 14.6. The number of hydrogen-bond donors (Lipinski definition) is 1. The number of amides is 1. The maximum Gasteiger partial charge on any atom is 0.272 e. The van der Waals surface area contributed by atoms with Gasteiger partial charge >= 0.3 is 0 Å². The molecule has 1 aliphatic heterocycles. The van der Waals surface area contributed by atoms with Crippen LogP contribution in [0.5, 0.6) is 0 Å². The van der Waals surface area contributed by atoms with Crippen molar-refractivity contribution in [1.82, 2.24) is 35.1 Å². The maximum absolute atomic E-state index is 12.5. The molecule has 9 heteroatoms. The Balaban J connectivity index is 1.46. The second-order valence-electron chi connectivity index (χ2n) is 6.35. The lowest BCUT2D eigenvalue weighted by molar-refractivity contribution is 0.0926. The molecule has 1 atom stereocenters. The molecule has 134 valence electrons. The highest BCUT2D eigenvalue weighted by Crippen LogP contribution is 2.17. The Kier molecular flexibility index (Phi) is 4.21. The fourth-order valence-corrected chi connectivity index (χ4v) is 2.85. The smallest absolute Gasteiger partial charge is 0.272 e. The number of nitrogens with zero attached hydrogens (tertiary/aromatic N) is 6. The number of nitrogens with one attached hydrogen (secondary N) is 1. The molecule has 4 rings (SSSR count). The molecule has 0 saturated carbocycles. The number of hydrogen-bond acceptors (Lipinski definition) is 7. The van der Waals surface area contributed by atoms with E-state index in [1.165, 1.54) is 0 Å². The molecular formula is C17H19N7O2. The van der Waals surface area contributed by atoms with Crippen molar-refractivity contribution in [3.8, 4) is 11.5 Å². The molecule has 4 heterocycles. The Labute approximate surface area is 150 Å². The van der Waals surface area contributed by atoms with E-state index in [0.717, 1.165) is 25.3 Å². The highest BCUT2D eigenvalue weighted by molar-refractivity contribution is 5.92. The molecule has 1 amide bonds. The van der Waals surface area contributed by atoms with Crippen molar-refractivity contribution < 1.29 is 9.32 Å². The van der Waals surface area contributed by atoms with Crippen LogP contribution < -0.4 is 5.32 Å². The van der Waals surface area contributed by atoms with Crippen LogP contribution in [0.2, 0.25) is 0 Å². The Morgan fingerprint density at radius 2 is 2.23 bits per heavy atom. The van der Waals surface area contributed by atoms with Crippen LogP contribution in [0.4, 0.5) is 0 Å². The third kappa shape index (κ3) is 3.21. The first-order valence-electron chi connectivity index (χ1n) is 8.41. The first kappa shape index (κ1) is 16.4. The molecule has 3 aromatic heterocycles. The number of likely N-dealkylation sites (N-methyl/N-ethyl adjacent to an activating group) is 1. The van der Waals surface area contributed by atoms with Gasteiger partial charge < -0.3 is 9.84 Å². The first-order valence-corrected chi connectivity index (χ1v) is 8.41. The van der Waals surface area contributed by atoms with Gasteiger partial charge in [-0.3, -0.25) is 19.4 Å². The number of pyridine rings is 1. The monoisotopic (exact) mass is 353 g/mol. The van der Waals surface area contributed by atoms with Gasteiger partial charge in [-0.2, -0.15) is 10.1 Å².